The van der Waals surface area contributed by atoms with Crippen molar-refractivity contribution in [2.24, 2.45) is 0 Å². The highest BCUT2D eigenvalue weighted by Crippen LogP contribution is 2.36. The molecule has 0 fully saturated rings. The molecule has 0 aliphatic carbocycles. The lowest BCUT2D eigenvalue weighted by Crippen LogP contribution is -2.30. The van der Waals surface area contributed by atoms with Crippen LogP contribution in [0.1, 0.15) is 13.3 Å². The van der Waals surface area contributed by atoms with Crippen LogP contribution in [0.5, 0.6) is 5.75 Å². The Kier molecular flexibility index (Phi) is 6.94. The van der Waals surface area contributed by atoms with Crippen LogP contribution in [0.3, 0.4) is 0 Å². The topological polar surface area (TPSA) is 70.6 Å². The van der Waals surface area contributed by atoms with Gasteiger partial charge in [0.15, 0.2) is 5.75 Å². The standard InChI is InChI=1S/C12H14Cl2F2N2O3/c1-6(19)2-3-17-12(20)18-7-4-8(13)10(9(14)5-7)21-11(15)16/h4-6,11,19H,2-3H2,1H3,(H2,17,18,20)/t6-/m0/s1. The normalized spacial score (nSPS) is 12.1. The Hall–Kier alpha value is -1.31. The van der Waals surface area contributed by atoms with Gasteiger partial charge in [0.2, 0.25) is 0 Å². The molecule has 2 amide bonds. The van der Waals surface area contributed by atoms with Crippen LogP contribution in [0, 0.1) is 0 Å². The maximum Gasteiger partial charge on any atom is 0.387 e. The van der Waals surface area contributed by atoms with Gasteiger partial charge in [-0.05, 0) is 25.5 Å². The van der Waals surface area contributed by atoms with Crippen molar-refractivity contribution < 1.29 is 23.4 Å². The number of aliphatic hydroxyl groups excluding tert-OH is 1. The van der Waals surface area contributed by atoms with Gasteiger partial charge in [-0.1, -0.05) is 23.2 Å². The Bertz CT molecular complexity index is 478. The molecule has 5 nitrogen and oxygen atoms in total. The van der Waals surface area contributed by atoms with Gasteiger partial charge in [-0.25, -0.2) is 4.79 Å². The molecule has 1 atom stereocenters. The highest BCUT2D eigenvalue weighted by atomic mass is 35.5. The summed E-state index contributed by atoms with van der Waals surface area (Å²) < 4.78 is 28.5. The molecule has 1 aromatic carbocycles. The molecule has 0 saturated carbocycles. The molecule has 0 heterocycles. The van der Waals surface area contributed by atoms with Crippen molar-refractivity contribution in [1.82, 2.24) is 5.32 Å². The van der Waals surface area contributed by atoms with Gasteiger partial charge < -0.3 is 20.5 Å². The second-order valence-corrected chi connectivity index (χ2v) is 4.98. The molecule has 0 radical (unpaired) electrons. The number of hydrogen-bond donors (Lipinski definition) is 3. The summed E-state index contributed by atoms with van der Waals surface area (Å²) in [5.41, 5.74) is 0.223. The van der Waals surface area contributed by atoms with E-state index in [1.165, 1.54) is 12.1 Å². The fraction of sp³-hybridized carbons (Fsp3) is 0.417. The number of aliphatic hydroxyl groups is 1. The predicted octanol–water partition coefficient (Wildman–Crippen LogP) is 3.49. The van der Waals surface area contributed by atoms with Crippen LogP contribution in [-0.2, 0) is 0 Å². The van der Waals surface area contributed by atoms with Crippen LogP contribution in [0.2, 0.25) is 10.0 Å². The number of rotatable bonds is 6. The van der Waals surface area contributed by atoms with E-state index in [2.05, 4.69) is 15.4 Å². The number of ether oxygens (including phenoxy) is 1. The summed E-state index contributed by atoms with van der Waals surface area (Å²) in [5.74, 6) is -0.353. The van der Waals surface area contributed by atoms with Crippen molar-refractivity contribution in [2.75, 3.05) is 11.9 Å². The first-order valence-electron chi connectivity index (χ1n) is 5.96. The molecule has 0 aliphatic rings. The molecular weight excluding hydrogens is 329 g/mol. The molecule has 9 heteroatoms. The SMILES string of the molecule is C[C@H](O)CCNC(=O)Nc1cc(Cl)c(OC(F)F)c(Cl)c1. The molecule has 118 valence electrons. The molecule has 1 rings (SSSR count). The van der Waals surface area contributed by atoms with Crippen molar-refractivity contribution in [2.45, 2.75) is 26.1 Å². The minimum absolute atomic E-state index is 0.151. The van der Waals surface area contributed by atoms with Gasteiger partial charge in [0.25, 0.3) is 0 Å². The molecule has 1 aromatic rings. The Labute approximate surface area is 130 Å². The second kappa shape index (κ2) is 8.21. The monoisotopic (exact) mass is 342 g/mol. The zero-order valence-electron chi connectivity index (χ0n) is 11.0. The van der Waals surface area contributed by atoms with E-state index in [1.807, 2.05) is 0 Å². The molecule has 0 saturated heterocycles. The maximum absolute atomic E-state index is 12.2. The number of nitrogens with one attached hydrogen (secondary N) is 2. The molecular formula is C12H14Cl2F2N2O3. The van der Waals surface area contributed by atoms with Gasteiger partial charge in [-0.2, -0.15) is 8.78 Å². The number of anilines is 1. The van der Waals surface area contributed by atoms with Gasteiger partial charge in [0, 0.05) is 12.2 Å². The first-order valence-corrected chi connectivity index (χ1v) is 6.72. The Morgan fingerprint density at radius 1 is 1.38 bits per heavy atom. The third-order valence-electron chi connectivity index (χ3n) is 2.31. The Balaban J connectivity index is 2.66. The smallest absolute Gasteiger partial charge is 0.387 e. The summed E-state index contributed by atoms with van der Waals surface area (Å²) >= 11 is 11.5. The van der Waals surface area contributed by atoms with Crippen LogP contribution in [0.25, 0.3) is 0 Å². The third kappa shape index (κ3) is 6.33. The minimum atomic E-state index is -3.05. The minimum Gasteiger partial charge on any atom is -0.432 e. The van der Waals surface area contributed by atoms with Crippen molar-refractivity contribution in [3.05, 3.63) is 22.2 Å². The fourth-order valence-corrected chi connectivity index (χ4v) is 1.98. The number of urea groups is 1. The third-order valence-corrected chi connectivity index (χ3v) is 2.87. The number of carbonyl (C=O) groups excluding carboxylic acids is 1. The number of halogens is 4. The van der Waals surface area contributed by atoms with Crippen LogP contribution < -0.4 is 15.4 Å². The second-order valence-electron chi connectivity index (χ2n) is 4.17. The highest BCUT2D eigenvalue weighted by molar-refractivity contribution is 6.37. The van der Waals surface area contributed by atoms with E-state index < -0.39 is 18.7 Å². The lowest BCUT2D eigenvalue weighted by Gasteiger charge is -2.12. The van der Waals surface area contributed by atoms with Gasteiger partial charge in [0.05, 0.1) is 16.1 Å². The highest BCUT2D eigenvalue weighted by Gasteiger charge is 2.15. The van der Waals surface area contributed by atoms with Crippen LogP contribution in [0.4, 0.5) is 19.3 Å². The Morgan fingerprint density at radius 2 is 1.95 bits per heavy atom. The zero-order chi connectivity index (χ0) is 16.0. The summed E-state index contributed by atoms with van der Waals surface area (Å²) in [5, 5.41) is 13.7. The number of alkyl halides is 2. The molecule has 0 aromatic heterocycles. The van der Waals surface area contributed by atoms with Crippen molar-refractivity contribution in [1.29, 1.82) is 0 Å². The van der Waals surface area contributed by atoms with Crippen molar-refractivity contribution in [3.8, 4) is 5.75 Å². The summed E-state index contributed by atoms with van der Waals surface area (Å²) in [6, 6.07) is 1.93. The Morgan fingerprint density at radius 3 is 2.43 bits per heavy atom. The maximum atomic E-state index is 12.2. The predicted molar refractivity (Wildman–Crippen MR) is 76.4 cm³/mol. The number of hydrogen-bond acceptors (Lipinski definition) is 3. The summed E-state index contributed by atoms with van der Waals surface area (Å²) in [7, 11) is 0. The largest absolute Gasteiger partial charge is 0.432 e. The van der Waals surface area contributed by atoms with Gasteiger partial charge in [-0.3, -0.25) is 0 Å². The van der Waals surface area contributed by atoms with E-state index in [1.54, 1.807) is 6.92 Å². The van der Waals surface area contributed by atoms with Gasteiger partial charge in [0.1, 0.15) is 0 Å². The van der Waals surface area contributed by atoms with E-state index in [0.29, 0.717) is 6.42 Å². The van der Waals surface area contributed by atoms with Gasteiger partial charge >= 0.3 is 12.6 Å². The zero-order valence-corrected chi connectivity index (χ0v) is 12.5. The molecule has 0 bridgehead atoms. The average molecular weight is 343 g/mol. The lowest BCUT2D eigenvalue weighted by atomic mass is 10.3. The first-order chi connectivity index (χ1) is 9.79. The van der Waals surface area contributed by atoms with Gasteiger partial charge in [-0.15, -0.1) is 0 Å². The molecule has 21 heavy (non-hydrogen) atoms. The van der Waals surface area contributed by atoms with E-state index in [-0.39, 0.29) is 28.0 Å². The van der Waals surface area contributed by atoms with E-state index in [4.69, 9.17) is 28.3 Å². The molecule has 3 N–H and O–H groups in total. The fourth-order valence-electron chi connectivity index (χ4n) is 1.40. The van der Waals surface area contributed by atoms with E-state index in [9.17, 15) is 13.6 Å². The van der Waals surface area contributed by atoms with Crippen molar-refractivity contribution in [3.63, 3.8) is 0 Å². The quantitative estimate of drug-likeness (QED) is 0.741. The number of benzene rings is 1. The number of carbonyl (C=O) groups is 1. The number of amides is 2. The first kappa shape index (κ1) is 17.7. The molecule has 0 spiro atoms. The average Bonchev–Trinajstić information content (AvgIpc) is 2.33. The molecule has 0 unspecified atom stereocenters. The lowest BCUT2D eigenvalue weighted by molar-refractivity contribution is -0.0497. The summed E-state index contributed by atoms with van der Waals surface area (Å²) in [4.78, 5) is 11.5. The van der Waals surface area contributed by atoms with E-state index >= 15 is 0 Å². The van der Waals surface area contributed by atoms with Crippen LogP contribution >= 0.6 is 23.2 Å². The van der Waals surface area contributed by atoms with Crippen LogP contribution in [-0.4, -0.2) is 30.4 Å². The van der Waals surface area contributed by atoms with Crippen molar-refractivity contribution >= 4 is 34.9 Å². The summed E-state index contributed by atoms with van der Waals surface area (Å²) in [6.07, 6.45) is -0.129. The van der Waals surface area contributed by atoms with Crippen LogP contribution in [0.15, 0.2) is 12.1 Å². The molecule has 0 aliphatic heterocycles. The van der Waals surface area contributed by atoms with E-state index in [0.717, 1.165) is 0 Å². The summed E-state index contributed by atoms with van der Waals surface area (Å²) in [6.45, 7) is -1.18.